The Morgan fingerprint density at radius 1 is 1.44 bits per heavy atom. The summed E-state index contributed by atoms with van der Waals surface area (Å²) in [6, 6.07) is 2.91. The van der Waals surface area contributed by atoms with Crippen molar-refractivity contribution in [1.82, 2.24) is 4.98 Å². The molecule has 1 rings (SSSR count). The molecule has 0 bridgehead atoms. The molecule has 0 spiro atoms. The second kappa shape index (κ2) is 5.51. The first kappa shape index (κ1) is 11.7. The molecule has 0 saturated heterocycles. The molecule has 0 aliphatic rings. The topological polar surface area (TPSA) is 121 Å². The zero-order chi connectivity index (χ0) is 12.0. The number of carbonyl (C=O) groups is 2. The van der Waals surface area contributed by atoms with Crippen molar-refractivity contribution in [1.29, 1.82) is 0 Å². The van der Waals surface area contributed by atoms with Crippen LogP contribution in [0.15, 0.2) is 18.3 Å². The Morgan fingerprint density at radius 3 is 2.81 bits per heavy atom. The number of amides is 2. The van der Waals surface area contributed by atoms with Crippen LogP contribution in [0.25, 0.3) is 0 Å². The normalized spacial score (nSPS) is 9.31. The van der Waals surface area contributed by atoms with Gasteiger partial charge in [-0.05, 0) is 12.1 Å². The molecule has 2 amide bonds. The molecule has 0 aliphatic heterocycles. The van der Waals surface area contributed by atoms with Crippen LogP contribution in [-0.2, 0) is 4.74 Å². The van der Waals surface area contributed by atoms with Gasteiger partial charge in [0.25, 0.3) is 0 Å². The zero-order valence-electron chi connectivity index (χ0n) is 8.01. The van der Waals surface area contributed by atoms with E-state index in [4.69, 9.17) is 10.2 Å². The molecule has 4 N–H and O–H groups in total. The minimum atomic E-state index is -1.29. The number of hydrogen-bond acceptors (Lipinski definition) is 5. The van der Waals surface area contributed by atoms with E-state index in [2.05, 4.69) is 15.0 Å². The molecule has 0 atom stereocenters. The van der Waals surface area contributed by atoms with Crippen molar-refractivity contribution in [3.63, 3.8) is 0 Å². The van der Waals surface area contributed by atoms with Crippen LogP contribution in [0, 0.1) is 0 Å². The van der Waals surface area contributed by atoms with Gasteiger partial charge in [0.2, 0.25) is 0 Å². The number of rotatable bonds is 3. The minimum Gasteiger partial charge on any atom is -0.465 e. The SMILES string of the molecule is O=C(O)Nc1cccnc1NC(=O)OCO. The van der Waals surface area contributed by atoms with E-state index in [1.807, 2.05) is 5.32 Å². The summed E-state index contributed by atoms with van der Waals surface area (Å²) in [6.45, 7) is -0.777. The Kier molecular flexibility index (Phi) is 4.04. The largest absolute Gasteiger partial charge is 0.465 e. The number of nitrogens with zero attached hydrogens (tertiary/aromatic N) is 1. The molecule has 1 aromatic rings. The van der Waals surface area contributed by atoms with Crippen molar-refractivity contribution >= 4 is 23.7 Å². The van der Waals surface area contributed by atoms with Gasteiger partial charge in [-0.3, -0.25) is 10.6 Å². The molecule has 0 saturated carbocycles. The maximum atomic E-state index is 10.9. The third kappa shape index (κ3) is 3.42. The van der Waals surface area contributed by atoms with Crippen molar-refractivity contribution in [3.05, 3.63) is 18.3 Å². The van der Waals surface area contributed by atoms with Gasteiger partial charge in [-0.1, -0.05) is 0 Å². The number of aliphatic hydroxyl groups is 1. The standard InChI is InChI=1S/C8H9N3O5/c12-4-16-8(15)11-6-5(10-7(13)14)2-1-3-9-6/h1-3,10,12H,4H2,(H,13,14)(H,9,11,15). The lowest BCUT2D eigenvalue weighted by Gasteiger charge is -2.08. The highest BCUT2D eigenvalue weighted by Gasteiger charge is 2.09. The first-order valence-corrected chi connectivity index (χ1v) is 4.13. The van der Waals surface area contributed by atoms with Crippen molar-refractivity contribution < 1.29 is 24.5 Å². The molecule has 0 radical (unpaired) electrons. The van der Waals surface area contributed by atoms with Crippen LogP contribution in [0.1, 0.15) is 0 Å². The summed E-state index contributed by atoms with van der Waals surface area (Å²) >= 11 is 0. The third-order valence-corrected chi connectivity index (χ3v) is 1.47. The first-order valence-electron chi connectivity index (χ1n) is 4.13. The summed E-state index contributed by atoms with van der Waals surface area (Å²) in [5, 5.41) is 21.0. The fraction of sp³-hybridized carbons (Fsp3) is 0.125. The molecule has 0 aliphatic carbocycles. The summed E-state index contributed by atoms with van der Waals surface area (Å²) in [5.74, 6) is -0.0108. The highest BCUT2D eigenvalue weighted by molar-refractivity contribution is 5.92. The fourth-order valence-corrected chi connectivity index (χ4v) is 0.912. The van der Waals surface area contributed by atoms with Crippen LogP contribution >= 0.6 is 0 Å². The smallest absolute Gasteiger partial charge is 0.414 e. The molecule has 0 fully saturated rings. The van der Waals surface area contributed by atoms with Crippen LogP contribution in [0.2, 0.25) is 0 Å². The second-order valence-electron chi connectivity index (χ2n) is 2.52. The van der Waals surface area contributed by atoms with Crippen molar-refractivity contribution in [2.75, 3.05) is 17.4 Å². The van der Waals surface area contributed by atoms with Gasteiger partial charge in [0.05, 0.1) is 5.69 Å². The maximum absolute atomic E-state index is 10.9. The number of aromatic nitrogens is 1. The van der Waals surface area contributed by atoms with E-state index in [1.54, 1.807) is 0 Å². The molecular weight excluding hydrogens is 218 g/mol. The van der Waals surface area contributed by atoms with E-state index in [9.17, 15) is 9.59 Å². The Balaban J connectivity index is 2.78. The average molecular weight is 227 g/mol. The molecular formula is C8H9N3O5. The highest BCUT2D eigenvalue weighted by atomic mass is 16.6. The van der Waals surface area contributed by atoms with E-state index >= 15 is 0 Å². The number of carboxylic acid groups (broad SMARTS) is 1. The number of ether oxygens (including phenoxy) is 1. The van der Waals surface area contributed by atoms with Gasteiger partial charge in [-0.2, -0.15) is 0 Å². The van der Waals surface area contributed by atoms with E-state index in [1.165, 1.54) is 18.3 Å². The van der Waals surface area contributed by atoms with Crippen LogP contribution < -0.4 is 10.6 Å². The van der Waals surface area contributed by atoms with Crippen molar-refractivity contribution in [3.8, 4) is 0 Å². The number of hydrogen-bond donors (Lipinski definition) is 4. The Bertz CT molecular complexity index is 395. The predicted octanol–water partition coefficient (Wildman–Crippen LogP) is 0.670. The van der Waals surface area contributed by atoms with Crippen LogP contribution in [0.3, 0.4) is 0 Å². The number of carbonyl (C=O) groups excluding carboxylic acids is 1. The highest BCUT2D eigenvalue weighted by Crippen LogP contribution is 2.17. The zero-order valence-corrected chi connectivity index (χ0v) is 8.01. The third-order valence-electron chi connectivity index (χ3n) is 1.47. The van der Waals surface area contributed by atoms with Crippen molar-refractivity contribution in [2.45, 2.75) is 0 Å². The van der Waals surface area contributed by atoms with Gasteiger partial charge in [0.1, 0.15) is 0 Å². The summed E-state index contributed by atoms with van der Waals surface area (Å²) < 4.78 is 4.20. The fourth-order valence-electron chi connectivity index (χ4n) is 0.912. The lowest BCUT2D eigenvalue weighted by molar-refractivity contribution is 0.0527. The van der Waals surface area contributed by atoms with Gasteiger partial charge in [-0.15, -0.1) is 0 Å². The quantitative estimate of drug-likeness (QED) is 0.563. The van der Waals surface area contributed by atoms with E-state index in [0.29, 0.717) is 0 Å². The van der Waals surface area contributed by atoms with Gasteiger partial charge in [-0.25, -0.2) is 14.6 Å². The van der Waals surface area contributed by atoms with E-state index in [0.717, 1.165) is 0 Å². The lowest BCUT2D eigenvalue weighted by Crippen LogP contribution is -2.17. The molecule has 1 aromatic heterocycles. The number of pyridine rings is 1. The molecule has 8 nitrogen and oxygen atoms in total. The molecule has 0 aromatic carbocycles. The van der Waals surface area contributed by atoms with Gasteiger partial charge in [0.15, 0.2) is 12.6 Å². The van der Waals surface area contributed by atoms with E-state index in [-0.39, 0.29) is 11.5 Å². The lowest BCUT2D eigenvalue weighted by atomic mass is 10.4. The van der Waals surface area contributed by atoms with Crippen molar-refractivity contribution in [2.24, 2.45) is 0 Å². The number of nitrogens with one attached hydrogen (secondary N) is 2. The van der Waals surface area contributed by atoms with Gasteiger partial charge in [0, 0.05) is 6.20 Å². The Labute approximate surface area is 89.9 Å². The molecule has 86 valence electrons. The number of anilines is 2. The van der Waals surface area contributed by atoms with Crippen LogP contribution in [0.4, 0.5) is 21.1 Å². The summed E-state index contributed by atoms with van der Waals surface area (Å²) in [7, 11) is 0. The van der Waals surface area contributed by atoms with Gasteiger partial charge >= 0.3 is 12.2 Å². The second-order valence-corrected chi connectivity index (χ2v) is 2.52. The summed E-state index contributed by atoms with van der Waals surface area (Å²) in [5.41, 5.74) is 0.102. The summed E-state index contributed by atoms with van der Waals surface area (Å²) in [6.07, 6.45) is -0.858. The Hall–Kier alpha value is -2.35. The maximum Gasteiger partial charge on any atom is 0.414 e. The minimum absolute atomic E-state index is 0.0108. The number of aliphatic hydroxyl groups excluding tert-OH is 1. The Morgan fingerprint density at radius 2 is 2.19 bits per heavy atom. The molecule has 16 heavy (non-hydrogen) atoms. The van der Waals surface area contributed by atoms with Gasteiger partial charge < -0.3 is 14.9 Å². The molecule has 8 heteroatoms. The monoisotopic (exact) mass is 227 g/mol. The van der Waals surface area contributed by atoms with Crippen LogP contribution in [-0.4, -0.2) is 34.2 Å². The molecule has 1 heterocycles. The predicted molar refractivity (Wildman–Crippen MR) is 53.1 cm³/mol. The molecule has 0 unspecified atom stereocenters. The first-order chi connectivity index (χ1) is 7.63. The van der Waals surface area contributed by atoms with E-state index < -0.39 is 19.0 Å². The average Bonchev–Trinajstić information content (AvgIpc) is 2.20. The van der Waals surface area contributed by atoms with Crippen LogP contribution in [0.5, 0.6) is 0 Å². The summed E-state index contributed by atoms with van der Waals surface area (Å²) in [4.78, 5) is 25.1.